The summed E-state index contributed by atoms with van der Waals surface area (Å²) in [6, 6.07) is 9.87. The van der Waals surface area contributed by atoms with Gasteiger partial charge in [0.15, 0.2) is 0 Å². The van der Waals surface area contributed by atoms with Gasteiger partial charge < -0.3 is 15.1 Å². The summed E-state index contributed by atoms with van der Waals surface area (Å²) in [7, 11) is 0. The zero-order valence-corrected chi connectivity index (χ0v) is 14.4. The SMILES string of the molecule is CCc1nnc(C2Cc3ccccc3CN2c2cc(Cl)nc(N)n2)o1. The van der Waals surface area contributed by atoms with E-state index in [0.29, 0.717) is 35.7 Å². The Morgan fingerprint density at radius 2 is 2.04 bits per heavy atom. The third kappa shape index (κ3) is 3.02. The van der Waals surface area contributed by atoms with Gasteiger partial charge in [-0.05, 0) is 11.1 Å². The van der Waals surface area contributed by atoms with Crippen LogP contribution in [-0.4, -0.2) is 20.2 Å². The number of aromatic nitrogens is 4. The highest BCUT2D eigenvalue weighted by atomic mass is 35.5. The molecule has 7 nitrogen and oxygen atoms in total. The number of rotatable bonds is 3. The van der Waals surface area contributed by atoms with Gasteiger partial charge in [-0.25, -0.2) is 4.98 Å². The molecule has 1 unspecified atom stereocenters. The Morgan fingerprint density at radius 3 is 2.76 bits per heavy atom. The fraction of sp³-hybridized carbons (Fsp3) is 0.294. The Morgan fingerprint density at radius 1 is 1.24 bits per heavy atom. The van der Waals surface area contributed by atoms with Crippen molar-refractivity contribution in [2.45, 2.75) is 32.4 Å². The van der Waals surface area contributed by atoms with Crippen molar-refractivity contribution in [2.24, 2.45) is 0 Å². The summed E-state index contributed by atoms with van der Waals surface area (Å²) in [5, 5.41) is 8.65. The van der Waals surface area contributed by atoms with Crippen LogP contribution in [0.15, 0.2) is 34.7 Å². The van der Waals surface area contributed by atoms with Crippen molar-refractivity contribution < 1.29 is 4.42 Å². The second-order valence-corrected chi connectivity index (χ2v) is 6.30. The first-order valence-corrected chi connectivity index (χ1v) is 8.47. The lowest BCUT2D eigenvalue weighted by Gasteiger charge is -2.35. The second kappa shape index (κ2) is 6.33. The normalized spacial score (nSPS) is 16.7. The molecule has 25 heavy (non-hydrogen) atoms. The van der Waals surface area contributed by atoms with Crippen LogP contribution >= 0.6 is 11.6 Å². The lowest BCUT2D eigenvalue weighted by Crippen LogP contribution is -2.35. The van der Waals surface area contributed by atoms with Crippen molar-refractivity contribution >= 4 is 23.4 Å². The van der Waals surface area contributed by atoms with Gasteiger partial charge >= 0.3 is 0 Å². The maximum absolute atomic E-state index is 6.08. The zero-order valence-electron chi connectivity index (χ0n) is 13.7. The number of nitrogens with zero attached hydrogens (tertiary/aromatic N) is 5. The lowest BCUT2D eigenvalue weighted by molar-refractivity contribution is 0.396. The highest BCUT2D eigenvalue weighted by Gasteiger charge is 2.32. The quantitative estimate of drug-likeness (QED) is 0.721. The van der Waals surface area contributed by atoms with Crippen molar-refractivity contribution in [1.29, 1.82) is 0 Å². The number of nitrogen functional groups attached to an aromatic ring is 1. The predicted octanol–water partition coefficient (Wildman–Crippen LogP) is 2.96. The Kier molecular flexibility index (Phi) is 4.01. The van der Waals surface area contributed by atoms with Crippen LogP contribution in [0.25, 0.3) is 0 Å². The molecule has 0 saturated heterocycles. The van der Waals surface area contributed by atoms with E-state index in [1.165, 1.54) is 11.1 Å². The predicted molar refractivity (Wildman–Crippen MR) is 94.2 cm³/mol. The Bertz CT molecular complexity index is 891. The molecular weight excluding hydrogens is 340 g/mol. The van der Waals surface area contributed by atoms with E-state index in [4.69, 9.17) is 21.8 Å². The van der Waals surface area contributed by atoms with Crippen molar-refractivity contribution in [3.8, 4) is 0 Å². The van der Waals surface area contributed by atoms with Crippen molar-refractivity contribution in [1.82, 2.24) is 20.2 Å². The van der Waals surface area contributed by atoms with Crippen LogP contribution in [0.2, 0.25) is 5.15 Å². The molecule has 3 aromatic rings. The summed E-state index contributed by atoms with van der Waals surface area (Å²) in [6.45, 7) is 2.63. The van der Waals surface area contributed by atoms with Crippen LogP contribution in [0.3, 0.4) is 0 Å². The number of anilines is 2. The number of fused-ring (bicyclic) bond motifs is 1. The molecule has 0 bridgehead atoms. The van der Waals surface area contributed by atoms with E-state index in [1.807, 2.05) is 19.1 Å². The minimum absolute atomic E-state index is 0.131. The van der Waals surface area contributed by atoms with Crippen LogP contribution in [0.5, 0.6) is 0 Å². The highest BCUT2D eigenvalue weighted by molar-refractivity contribution is 6.29. The van der Waals surface area contributed by atoms with Crippen molar-refractivity contribution in [2.75, 3.05) is 10.6 Å². The number of benzene rings is 1. The maximum Gasteiger partial charge on any atom is 0.239 e. The van der Waals surface area contributed by atoms with Gasteiger partial charge in [-0.2, -0.15) is 4.98 Å². The van der Waals surface area contributed by atoms with E-state index < -0.39 is 0 Å². The standard InChI is InChI=1S/C17H17ClN6O/c1-2-15-22-23-16(25-15)12-7-10-5-3-4-6-11(10)9-24(12)14-8-13(18)20-17(19)21-14/h3-6,8,12H,2,7,9H2,1H3,(H2,19,20,21). The summed E-state index contributed by atoms with van der Waals surface area (Å²) in [6.07, 6.45) is 1.44. The summed E-state index contributed by atoms with van der Waals surface area (Å²) in [5.41, 5.74) is 8.27. The van der Waals surface area contributed by atoms with Gasteiger partial charge in [-0.1, -0.05) is 42.8 Å². The number of halogens is 1. The van der Waals surface area contributed by atoms with E-state index in [-0.39, 0.29) is 12.0 Å². The van der Waals surface area contributed by atoms with E-state index in [2.05, 4.69) is 37.2 Å². The van der Waals surface area contributed by atoms with Crippen molar-refractivity contribution in [3.05, 3.63) is 58.4 Å². The molecule has 128 valence electrons. The summed E-state index contributed by atoms with van der Waals surface area (Å²) in [5.74, 6) is 1.97. The molecule has 0 saturated carbocycles. The monoisotopic (exact) mass is 356 g/mol. The van der Waals surface area contributed by atoms with Gasteiger partial charge in [0, 0.05) is 25.5 Å². The van der Waals surface area contributed by atoms with E-state index in [1.54, 1.807) is 6.07 Å². The minimum atomic E-state index is -0.131. The van der Waals surface area contributed by atoms with Gasteiger partial charge in [0.1, 0.15) is 17.0 Å². The van der Waals surface area contributed by atoms with Crippen LogP contribution in [-0.2, 0) is 19.4 Å². The molecule has 1 atom stereocenters. The number of nitrogens with two attached hydrogens (primary N) is 1. The fourth-order valence-corrected chi connectivity index (χ4v) is 3.28. The molecule has 0 spiro atoms. The first-order valence-electron chi connectivity index (χ1n) is 8.09. The molecule has 0 aliphatic carbocycles. The first-order chi connectivity index (χ1) is 12.1. The topological polar surface area (TPSA) is 94.0 Å². The van der Waals surface area contributed by atoms with Crippen molar-refractivity contribution in [3.63, 3.8) is 0 Å². The molecule has 3 heterocycles. The molecule has 2 aromatic heterocycles. The van der Waals surface area contributed by atoms with Gasteiger partial charge in [0.25, 0.3) is 0 Å². The lowest BCUT2D eigenvalue weighted by atomic mass is 9.94. The van der Waals surface area contributed by atoms with Gasteiger partial charge in [-0.3, -0.25) is 0 Å². The largest absolute Gasteiger partial charge is 0.423 e. The molecule has 2 N–H and O–H groups in total. The average molecular weight is 357 g/mol. The molecule has 1 aliphatic rings. The molecule has 0 radical (unpaired) electrons. The third-order valence-electron chi connectivity index (χ3n) is 4.31. The molecular formula is C17H17ClN6O. The number of hydrogen-bond acceptors (Lipinski definition) is 7. The Hall–Kier alpha value is -2.67. The zero-order chi connectivity index (χ0) is 17.4. The first kappa shape index (κ1) is 15.8. The third-order valence-corrected chi connectivity index (χ3v) is 4.51. The van der Waals surface area contributed by atoms with E-state index in [0.717, 1.165) is 6.42 Å². The van der Waals surface area contributed by atoms with Crippen LogP contribution in [0.1, 0.15) is 35.9 Å². The highest BCUT2D eigenvalue weighted by Crippen LogP contribution is 2.36. The summed E-state index contributed by atoms with van der Waals surface area (Å²) >= 11 is 6.08. The van der Waals surface area contributed by atoms with Crippen LogP contribution < -0.4 is 10.6 Å². The smallest absolute Gasteiger partial charge is 0.239 e. The van der Waals surface area contributed by atoms with Gasteiger partial charge in [0.2, 0.25) is 17.7 Å². The van der Waals surface area contributed by atoms with Gasteiger partial charge in [0.05, 0.1) is 0 Å². The number of aryl methyl sites for hydroxylation is 1. The summed E-state index contributed by atoms with van der Waals surface area (Å²) in [4.78, 5) is 10.4. The summed E-state index contributed by atoms with van der Waals surface area (Å²) < 4.78 is 5.83. The maximum atomic E-state index is 6.08. The Labute approximate surface area is 149 Å². The average Bonchev–Trinajstić information content (AvgIpc) is 3.09. The number of hydrogen-bond donors (Lipinski definition) is 1. The molecule has 1 aromatic carbocycles. The van der Waals surface area contributed by atoms with Crippen LogP contribution in [0, 0.1) is 0 Å². The molecule has 8 heteroatoms. The molecule has 1 aliphatic heterocycles. The minimum Gasteiger partial charge on any atom is -0.423 e. The van der Waals surface area contributed by atoms with E-state index in [9.17, 15) is 0 Å². The fourth-order valence-electron chi connectivity index (χ4n) is 3.10. The molecule has 0 amide bonds. The molecule has 0 fully saturated rings. The second-order valence-electron chi connectivity index (χ2n) is 5.91. The van der Waals surface area contributed by atoms with Crippen LogP contribution in [0.4, 0.5) is 11.8 Å². The van der Waals surface area contributed by atoms with Gasteiger partial charge in [-0.15, -0.1) is 10.2 Å². The Balaban J connectivity index is 1.80. The molecule has 4 rings (SSSR count). The van der Waals surface area contributed by atoms with E-state index >= 15 is 0 Å².